The van der Waals surface area contributed by atoms with Crippen molar-refractivity contribution < 1.29 is 24.2 Å². The first-order chi connectivity index (χ1) is 15.0. The second-order valence-corrected chi connectivity index (χ2v) is 8.10. The van der Waals surface area contributed by atoms with Gasteiger partial charge in [-0.2, -0.15) is 5.10 Å². The van der Waals surface area contributed by atoms with E-state index in [9.17, 15) is 19.5 Å². The van der Waals surface area contributed by atoms with Gasteiger partial charge in [0.15, 0.2) is 5.78 Å². The molecule has 3 aromatic rings. The minimum absolute atomic E-state index is 0.170. The summed E-state index contributed by atoms with van der Waals surface area (Å²) in [5.74, 6) is -1.30. The van der Waals surface area contributed by atoms with Crippen molar-refractivity contribution in [2.75, 3.05) is 31.6 Å². The normalized spacial score (nSPS) is 15.4. The third-order valence-corrected chi connectivity index (χ3v) is 6.21. The molecule has 158 valence electrons. The molecule has 1 aliphatic carbocycles. The average Bonchev–Trinajstić information content (AvgIpc) is 3.46. The number of nitrogens with one attached hydrogen (secondary N) is 3. The zero-order valence-electron chi connectivity index (χ0n) is 16.1. The molecule has 11 heteroatoms. The Bertz CT molecular complexity index is 1210. The molecule has 2 aliphatic rings. The van der Waals surface area contributed by atoms with Crippen molar-refractivity contribution in [2.24, 2.45) is 0 Å². The molecule has 31 heavy (non-hydrogen) atoms. The van der Waals surface area contributed by atoms with E-state index < -0.39 is 12.0 Å². The molecule has 4 N–H and O–H groups in total. The number of carboxylic acids is 1. The van der Waals surface area contributed by atoms with Crippen LogP contribution in [-0.2, 0) is 4.74 Å². The quantitative estimate of drug-likeness (QED) is 0.383. The Kier molecular flexibility index (Phi) is 4.77. The predicted molar refractivity (Wildman–Crippen MR) is 112 cm³/mol. The molecule has 2 aromatic heterocycles. The number of hydrazine groups is 1. The molecule has 0 spiro atoms. The molecule has 1 aliphatic heterocycles. The fraction of sp³-hybridized carbons (Fsp3) is 0.200. The van der Waals surface area contributed by atoms with Crippen LogP contribution >= 0.6 is 11.3 Å². The van der Waals surface area contributed by atoms with Gasteiger partial charge >= 0.3 is 12.0 Å². The number of hydrogen-bond acceptors (Lipinski definition) is 7. The van der Waals surface area contributed by atoms with Gasteiger partial charge in [0, 0.05) is 18.7 Å². The number of nitrogens with zero attached hydrogens (tertiary/aromatic N) is 2. The Morgan fingerprint density at radius 3 is 2.71 bits per heavy atom. The molecule has 0 saturated carbocycles. The number of H-pyrrole nitrogens is 1. The van der Waals surface area contributed by atoms with Gasteiger partial charge in [-0.1, -0.05) is 12.1 Å². The maximum absolute atomic E-state index is 13.3. The van der Waals surface area contributed by atoms with Crippen molar-refractivity contribution >= 4 is 34.8 Å². The van der Waals surface area contributed by atoms with E-state index in [4.69, 9.17) is 4.74 Å². The number of carboxylic acid groups (broad SMARTS) is 1. The topological polar surface area (TPSA) is 137 Å². The second-order valence-electron chi connectivity index (χ2n) is 7.01. The maximum atomic E-state index is 13.3. The zero-order chi connectivity index (χ0) is 21.5. The lowest BCUT2D eigenvalue weighted by Crippen LogP contribution is -2.49. The summed E-state index contributed by atoms with van der Waals surface area (Å²) in [6.45, 7) is 2.24. The number of aromatic carboxylic acids is 1. The molecule has 10 nitrogen and oxygen atoms in total. The summed E-state index contributed by atoms with van der Waals surface area (Å²) in [7, 11) is 0. The number of carbonyl (C=O) groups excluding carboxylic acids is 2. The molecule has 0 atom stereocenters. The van der Waals surface area contributed by atoms with Gasteiger partial charge in [0.1, 0.15) is 10.6 Å². The number of anilines is 1. The number of ether oxygens (including phenoxy) is 1. The molecule has 2 amide bonds. The fourth-order valence-electron chi connectivity index (χ4n) is 3.72. The van der Waals surface area contributed by atoms with Crippen LogP contribution in [0.5, 0.6) is 0 Å². The van der Waals surface area contributed by atoms with E-state index in [2.05, 4.69) is 20.9 Å². The van der Waals surface area contributed by atoms with Crippen LogP contribution in [0.25, 0.3) is 21.8 Å². The molecule has 1 aromatic carbocycles. The van der Waals surface area contributed by atoms with Gasteiger partial charge in [0.2, 0.25) is 0 Å². The maximum Gasteiger partial charge on any atom is 0.345 e. The van der Waals surface area contributed by atoms with E-state index in [-0.39, 0.29) is 10.7 Å². The number of hydrogen-bond donors (Lipinski definition) is 4. The van der Waals surface area contributed by atoms with Crippen LogP contribution in [0.15, 0.2) is 30.3 Å². The summed E-state index contributed by atoms with van der Waals surface area (Å²) in [6, 6.07) is 7.87. The van der Waals surface area contributed by atoms with Crippen molar-refractivity contribution in [1.82, 2.24) is 20.6 Å². The number of rotatable bonds is 4. The molecule has 5 rings (SSSR count). The summed E-state index contributed by atoms with van der Waals surface area (Å²) >= 11 is 1.06. The van der Waals surface area contributed by atoms with Crippen LogP contribution in [-0.4, -0.2) is 64.4 Å². The van der Waals surface area contributed by atoms with Crippen molar-refractivity contribution in [2.45, 2.75) is 0 Å². The van der Waals surface area contributed by atoms with Gasteiger partial charge in [-0.05, 0) is 18.2 Å². The number of amides is 2. The van der Waals surface area contributed by atoms with Crippen LogP contribution in [0.3, 0.4) is 0 Å². The lowest BCUT2D eigenvalue weighted by molar-refractivity contribution is 0.0207. The van der Waals surface area contributed by atoms with Gasteiger partial charge in [-0.3, -0.25) is 15.3 Å². The van der Waals surface area contributed by atoms with Gasteiger partial charge in [0.25, 0.3) is 0 Å². The SMILES string of the molecule is O=C(Nc1cccc2c1C(=O)c1c-2n[nH]c1-c1ccc(C(=O)O)s1)NN1CCOCC1. The highest BCUT2D eigenvalue weighted by molar-refractivity contribution is 7.17. The largest absolute Gasteiger partial charge is 0.477 e. The summed E-state index contributed by atoms with van der Waals surface area (Å²) in [6.07, 6.45) is 0. The Balaban J connectivity index is 1.43. The standard InChI is InChI=1S/C20H17N5O5S/c26-18-14-10(2-1-3-11(14)21-20(29)24-25-6-8-30-9-7-25)16-15(18)17(23-22-16)12-4-5-13(31-12)19(27)28/h1-5H,6-9H2,(H,22,23)(H,27,28)(H2,21,24,29). The predicted octanol–water partition coefficient (Wildman–Crippen LogP) is 2.42. The van der Waals surface area contributed by atoms with Gasteiger partial charge in [-0.25, -0.2) is 14.6 Å². The highest BCUT2D eigenvalue weighted by atomic mass is 32.1. The highest BCUT2D eigenvalue weighted by Crippen LogP contribution is 2.44. The van der Waals surface area contributed by atoms with Crippen LogP contribution in [0.2, 0.25) is 0 Å². The third-order valence-electron chi connectivity index (χ3n) is 5.12. The molecule has 1 fully saturated rings. The lowest BCUT2D eigenvalue weighted by Gasteiger charge is -2.27. The molecule has 3 heterocycles. The molecule has 0 bridgehead atoms. The smallest absolute Gasteiger partial charge is 0.345 e. The number of morpholine rings is 1. The van der Waals surface area contributed by atoms with E-state index in [1.165, 1.54) is 6.07 Å². The minimum Gasteiger partial charge on any atom is -0.477 e. The van der Waals surface area contributed by atoms with Crippen LogP contribution < -0.4 is 10.7 Å². The van der Waals surface area contributed by atoms with E-state index >= 15 is 0 Å². The number of carbonyl (C=O) groups is 3. The van der Waals surface area contributed by atoms with Crippen molar-refractivity contribution in [3.63, 3.8) is 0 Å². The zero-order valence-corrected chi connectivity index (χ0v) is 16.9. The number of ketones is 1. The summed E-state index contributed by atoms with van der Waals surface area (Å²) in [5.41, 5.74) is 5.44. The summed E-state index contributed by atoms with van der Waals surface area (Å²) in [4.78, 5) is 37.8. The number of aromatic amines is 1. The summed E-state index contributed by atoms with van der Waals surface area (Å²) in [5, 5.41) is 20.8. The number of benzene rings is 1. The number of fused-ring (bicyclic) bond motifs is 3. The monoisotopic (exact) mass is 439 g/mol. The van der Waals surface area contributed by atoms with Crippen LogP contribution in [0, 0.1) is 0 Å². The van der Waals surface area contributed by atoms with E-state index in [1.54, 1.807) is 29.3 Å². The first-order valence-corrected chi connectivity index (χ1v) is 10.3. The Morgan fingerprint density at radius 1 is 1.16 bits per heavy atom. The van der Waals surface area contributed by atoms with Crippen LogP contribution in [0.1, 0.15) is 25.6 Å². The Labute approximate surface area is 179 Å². The second kappa shape index (κ2) is 7.61. The van der Waals surface area contributed by atoms with Gasteiger partial charge in [0.05, 0.1) is 40.6 Å². The first-order valence-electron chi connectivity index (χ1n) is 9.53. The molecule has 0 radical (unpaired) electrons. The first kappa shape index (κ1) is 19.4. The van der Waals surface area contributed by atoms with Gasteiger partial charge < -0.3 is 15.2 Å². The van der Waals surface area contributed by atoms with E-state index in [0.29, 0.717) is 64.9 Å². The summed E-state index contributed by atoms with van der Waals surface area (Å²) < 4.78 is 5.26. The molecular formula is C20H17N5O5S. The van der Waals surface area contributed by atoms with Crippen LogP contribution in [0.4, 0.5) is 10.5 Å². The van der Waals surface area contributed by atoms with Gasteiger partial charge in [-0.15, -0.1) is 11.3 Å². The Hall–Kier alpha value is -3.54. The highest BCUT2D eigenvalue weighted by Gasteiger charge is 2.35. The Morgan fingerprint density at radius 2 is 1.97 bits per heavy atom. The van der Waals surface area contributed by atoms with Crippen molar-refractivity contribution in [3.8, 4) is 21.8 Å². The molecule has 1 saturated heterocycles. The number of thiophene rings is 1. The molecule has 0 unspecified atom stereocenters. The van der Waals surface area contributed by atoms with E-state index in [0.717, 1.165) is 11.3 Å². The molecular weight excluding hydrogens is 422 g/mol. The van der Waals surface area contributed by atoms with Crippen molar-refractivity contribution in [1.29, 1.82) is 0 Å². The van der Waals surface area contributed by atoms with Crippen molar-refractivity contribution in [3.05, 3.63) is 46.3 Å². The third kappa shape index (κ3) is 3.38. The fourth-order valence-corrected chi connectivity index (χ4v) is 4.56. The number of urea groups is 1. The average molecular weight is 439 g/mol. The minimum atomic E-state index is -1.03. The number of aromatic nitrogens is 2. The van der Waals surface area contributed by atoms with E-state index in [1.807, 2.05) is 0 Å². The lowest BCUT2D eigenvalue weighted by atomic mass is 10.1.